The number of nitrogens with zero attached hydrogens (tertiary/aromatic N) is 1. The summed E-state index contributed by atoms with van der Waals surface area (Å²) in [5.41, 5.74) is -0.664. The topological polar surface area (TPSA) is 72.9 Å². The molecule has 3 heterocycles. The number of rotatable bonds is 2. The molecular weight excluding hydrogens is 310 g/mol. The van der Waals surface area contributed by atoms with E-state index in [0.717, 1.165) is 0 Å². The minimum absolute atomic E-state index is 0.258. The average Bonchev–Trinajstić information content (AvgIpc) is 3.11. The predicted octanol–water partition coefficient (Wildman–Crippen LogP) is 1.70. The first-order valence-electron chi connectivity index (χ1n) is 7.77. The molecule has 0 spiro atoms. The van der Waals surface area contributed by atoms with Crippen LogP contribution < -0.4 is 4.90 Å². The van der Waals surface area contributed by atoms with Crippen LogP contribution >= 0.6 is 0 Å². The summed E-state index contributed by atoms with van der Waals surface area (Å²) in [6, 6.07) is 6.26. The van der Waals surface area contributed by atoms with Crippen LogP contribution in [0.4, 0.5) is 5.69 Å². The van der Waals surface area contributed by atoms with Gasteiger partial charge in [0.2, 0.25) is 11.8 Å². The van der Waals surface area contributed by atoms with Crippen molar-refractivity contribution in [2.24, 2.45) is 11.8 Å². The Morgan fingerprint density at radius 2 is 1.54 bits per heavy atom. The quantitative estimate of drug-likeness (QED) is 0.470. The molecule has 2 saturated heterocycles. The van der Waals surface area contributed by atoms with Crippen molar-refractivity contribution in [2.75, 3.05) is 12.0 Å². The van der Waals surface area contributed by atoms with Crippen LogP contribution in [-0.2, 0) is 19.1 Å². The molecule has 6 nitrogen and oxygen atoms in total. The van der Waals surface area contributed by atoms with Crippen molar-refractivity contribution >= 4 is 23.5 Å². The number of methoxy groups -OCH3 is 1. The van der Waals surface area contributed by atoms with Crippen molar-refractivity contribution in [3.63, 3.8) is 0 Å². The second-order valence-corrected chi connectivity index (χ2v) is 6.81. The first-order valence-corrected chi connectivity index (χ1v) is 7.77. The summed E-state index contributed by atoms with van der Waals surface area (Å²) in [7, 11) is 1.30. The molecule has 124 valence electrons. The zero-order valence-corrected chi connectivity index (χ0v) is 13.6. The summed E-state index contributed by atoms with van der Waals surface area (Å²) in [5.74, 6) is -2.01. The van der Waals surface area contributed by atoms with Gasteiger partial charge in [0.05, 0.1) is 41.4 Å². The largest absolute Gasteiger partial charge is 0.465 e. The number of amides is 2. The number of esters is 1. The van der Waals surface area contributed by atoms with Gasteiger partial charge in [-0.15, -0.1) is 0 Å². The second-order valence-electron chi connectivity index (χ2n) is 6.81. The molecule has 2 amide bonds. The first kappa shape index (κ1) is 15.1. The van der Waals surface area contributed by atoms with Crippen molar-refractivity contribution in [1.82, 2.24) is 0 Å². The lowest BCUT2D eigenvalue weighted by Crippen LogP contribution is -2.39. The number of ether oxygens (including phenoxy) is 2. The molecule has 1 aromatic carbocycles. The molecule has 24 heavy (non-hydrogen) atoms. The van der Waals surface area contributed by atoms with Gasteiger partial charge >= 0.3 is 5.97 Å². The molecule has 2 bridgehead atoms. The van der Waals surface area contributed by atoms with Gasteiger partial charge in [-0.25, -0.2) is 9.69 Å². The summed E-state index contributed by atoms with van der Waals surface area (Å²) in [5, 5.41) is 0. The fraction of sp³-hybridized carbons (Fsp3) is 0.389. The van der Waals surface area contributed by atoms with E-state index in [4.69, 9.17) is 4.74 Å². The number of carbonyl (C=O) groups is 3. The third-order valence-corrected chi connectivity index (χ3v) is 5.27. The van der Waals surface area contributed by atoms with Crippen molar-refractivity contribution < 1.29 is 23.9 Å². The van der Waals surface area contributed by atoms with Crippen molar-refractivity contribution in [1.29, 1.82) is 0 Å². The second kappa shape index (κ2) is 4.54. The van der Waals surface area contributed by atoms with Crippen molar-refractivity contribution in [3.05, 3.63) is 42.0 Å². The molecule has 0 saturated carbocycles. The SMILES string of the molecule is COC(=O)c1ccc(N2C(=O)[C@H]3[C@H](C2=O)[C@@]2(C)C=C[C@@]3(C)O2)cc1. The first-order chi connectivity index (χ1) is 11.3. The Morgan fingerprint density at radius 1 is 1.04 bits per heavy atom. The van der Waals surface area contributed by atoms with Crippen LogP contribution in [0.3, 0.4) is 0 Å². The fourth-order valence-corrected chi connectivity index (χ4v) is 4.15. The van der Waals surface area contributed by atoms with Crippen LogP contribution in [0.25, 0.3) is 0 Å². The van der Waals surface area contributed by atoms with E-state index in [1.165, 1.54) is 12.0 Å². The molecule has 3 aliphatic rings. The molecule has 0 unspecified atom stereocenters. The monoisotopic (exact) mass is 327 g/mol. The van der Waals surface area contributed by atoms with Gasteiger partial charge in [0.25, 0.3) is 0 Å². The lowest BCUT2D eigenvalue weighted by Gasteiger charge is -2.25. The van der Waals surface area contributed by atoms with Crippen LogP contribution in [0.1, 0.15) is 24.2 Å². The highest BCUT2D eigenvalue weighted by atomic mass is 16.5. The average molecular weight is 327 g/mol. The van der Waals surface area contributed by atoms with E-state index in [0.29, 0.717) is 11.3 Å². The number of hydrogen-bond donors (Lipinski definition) is 0. The molecule has 4 rings (SSSR count). The molecule has 1 aromatic rings. The van der Waals surface area contributed by atoms with Gasteiger partial charge in [0.1, 0.15) is 0 Å². The summed E-state index contributed by atoms with van der Waals surface area (Å²) in [6.07, 6.45) is 3.76. The van der Waals surface area contributed by atoms with Crippen molar-refractivity contribution in [2.45, 2.75) is 25.0 Å². The Balaban J connectivity index is 1.71. The Hall–Kier alpha value is -2.47. The number of carbonyl (C=O) groups excluding carboxylic acids is 3. The molecule has 6 heteroatoms. The van der Waals surface area contributed by atoms with Gasteiger partial charge in [-0.05, 0) is 38.1 Å². The van der Waals surface area contributed by atoms with Crippen LogP contribution in [0.5, 0.6) is 0 Å². The highest BCUT2D eigenvalue weighted by Crippen LogP contribution is 2.57. The van der Waals surface area contributed by atoms with Crippen molar-refractivity contribution in [3.8, 4) is 0 Å². The summed E-state index contributed by atoms with van der Waals surface area (Å²) in [4.78, 5) is 38.5. The molecule has 4 atom stereocenters. The standard InChI is InChI=1S/C18H17NO5/c1-17-8-9-18(2,24-17)13-12(17)14(20)19(15(13)21)11-6-4-10(5-7-11)16(22)23-3/h4-9,12-13H,1-3H3/t12-,13-,17-,18-/m1/s1. The number of hydrogen-bond acceptors (Lipinski definition) is 5. The van der Waals surface area contributed by atoms with E-state index in [-0.39, 0.29) is 11.8 Å². The number of anilines is 1. The van der Waals surface area contributed by atoms with Gasteiger partial charge in [-0.3, -0.25) is 9.59 Å². The van der Waals surface area contributed by atoms with Crippen LogP contribution in [0.2, 0.25) is 0 Å². The highest BCUT2D eigenvalue weighted by Gasteiger charge is 2.70. The third kappa shape index (κ3) is 1.72. The number of fused-ring (bicyclic) bond motifs is 5. The van der Waals surface area contributed by atoms with E-state index in [1.54, 1.807) is 24.3 Å². The fourth-order valence-electron chi connectivity index (χ4n) is 4.15. The van der Waals surface area contributed by atoms with E-state index in [2.05, 4.69) is 4.74 Å². The third-order valence-electron chi connectivity index (χ3n) is 5.27. The van der Waals surface area contributed by atoms with E-state index in [9.17, 15) is 14.4 Å². The molecular formula is C18H17NO5. The number of imide groups is 1. The molecule has 0 radical (unpaired) electrons. The Morgan fingerprint density at radius 3 is 2.00 bits per heavy atom. The van der Waals surface area contributed by atoms with Gasteiger partial charge in [-0.1, -0.05) is 12.2 Å². The summed E-state index contributed by atoms with van der Waals surface area (Å²) >= 11 is 0. The zero-order valence-electron chi connectivity index (χ0n) is 13.6. The number of benzene rings is 1. The van der Waals surface area contributed by atoms with Gasteiger partial charge in [-0.2, -0.15) is 0 Å². The molecule has 3 aliphatic heterocycles. The Bertz CT molecular complexity index is 762. The maximum absolute atomic E-state index is 12.9. The maximum atomic E-state index is 12.9. The smallest absolute Gasteiger partial charge is 0.337 e. The molecule has 0 N–H and O–H groups in total. The minimum atomic E-state index is -0.743. The van der Waals surface area contributed by atoms with Gasteiger partial charge < -0.3 is 9.47 Å². The predicted molar refractivity (Wildman–Crippen MR) is 84.3 cm³/mol. The Kier molecular flexibility index (Phi) is 2.85. The Labute approximate surface area is 139 Å². The molecule has 0 aromatic heterocycles. The highest BCUT2D eigenvalue weighted by molar-refractivity contribution is 6.23. The van der Waals surface area contributed by atoms with Crippen LogP contribution in [0, 0.1) is 11.8 Å². The van der Waals surface area contributed by atoms with E-state index < -0.39 is 29.0 Å². The summed E-state index contributed by atoms with van der Waals surface area (Å²) in [6.45, 7) is 3.68. The molecule has 0 aliphatic carbocycles. The molecule has 2 fully saturated rings. The normalized spacial score (nSPS) is 36.4. The van der Waals surface area contributed by atoms with E-state index >= 15 is 0 Å². The zero-order chi connectivity index (χ0) is 17.3. The van der Waals surface area contributed by atoms with E-state index in [1.807, 2.05) is 26.0 Å². The van der Waals surface area contributed by atoms with Crippen LogP contribution in [-0.4, -0.2) is 36.1 Å². The lowest BCUT2D eigenvalue weighted by molar-refractivity contribution is -0.128. The van der Waals surface area contributed by atoms with Gasteiger partial charge in [0.15, 0.2) is 0 Å². The minimum Gasteiger partial charge on any atom is -0.465 e. The maximum Gasteiger partial charge on any atom is 0.337 e. The lowest BCUT2D eigenvalue weighted by atomic mass is 9.73. The summed E-state index contributed by atoms with van der Waals surface area (Å²) < 4.78 is 10.6. The van der Waals surface area contributed by atoms with Gasteiger partial charge in [0, 0.05) is 0 Å². The van der Waals surface area contributed by atoms with Crippen LogP contribution in [0.15, 0.2) is 36.4 Å².